The second kappa shape index (κ2) is 8.93. The molecule has 1 N–H and O–H groups in total. The third-order valence-electron chi connectivity index (χ3n) is 5.33. The lowest BCUT2D eigenvalue weighted by atomic mass is 10.1. The summed E-state index contributed by atoms with van der Waals surface area (Å²) in [6, 6.07) is 21.7. The number of nitrogens with one attached hydrogen (secondary N) is 1. The Morgan fingerprint density at radius 2 is 1.47 bits per heavy atom. The van der Waals surface area contributed by atoms with Crippen LogP contribution in [0.1, 0.15) is 48.4 Å². The molecule has 0 saturated heterocycles. The largest absolute Gasteiger partial charge is 0.465 e. The van der Waals surface area contributed by atoms with Crippen molar-refractivity contribution in [3.63, 3.8) is 0 Å². The number of hydrogen-bond acceptors (Lipinski definition) is 6. The van der Waals surface area contributed by atoms with Crippen molar-refractivity contribution in [2.75, 3.05) is 19.5 Å². The summed E-state index contributed by atoms with van der Waals surface area (Å²) in [5.41, 5.74) is 3.30. The Kier molecular flexibility index (Phi) is 5.89. The van der Waals surface area contributed by atoms with Crippen molar-refractivity contribution < 1.29 is 23.9 Å². The summed E-state index contributed by atoms with van der Waals surface area (Å²) in [7, 11) is 2.54. The van der Waals surface area contributed by atoms with Gasteiger partial charge in [-0.3, -0.25) is 4.79 Å². The number of rotatable bonds is 6. The average molecular weight is 430 g/mol. The average Bonchev–Trinajstić information content (AvgIpc) is 3.09. The summed E-state index contributed by atoms with van der Waals surface area (Å²) < 4.78 is 9.64. The zero-order valence-electron chi connectivity index (χ0n) is 17.7. The van der Waals surface area contributed by atoms with Crippen LogP contribution in [0.4, 0.5) is 5.69 Å². The molecular weight excluding hydrogens is 408 g/mol. The number of hydrogen-bond donors (Lipinski definition) is 1. The van der Waals surface area contributed by atoms with Crippen LogP contribution in [0.5, 0.6) is 0 Å². The first-order valence-corrected chi connectivity index (χ1v) is 10.0. The van der Waals surface area contributed by atoms with Crippen LogP contribution < -0.4 is 5.32 Å². The van der Waals surface area contributed by atoms with Gasteiger partial charge in [0.1, 0.15) is 6.17 Å². The van der Waals surface area contributed by atoms with Crippen molar-refractivity contribution in [2.45, 2.75) is 12.7 Å². The van der Waals surface area contributed by atoms with Gasteiger partial charge in [-0.05, 0) is 29.8 Å². The van der Waals surface area contributed by atoms with Crippen LogP contribution >= 0.6 is 0 Å². The number of methoxy groups -OCH3 is 2. The number of anilines is 1. The minimum atomic E-state index is -0.581. The van der Waals surface area contributed by atoms with Crippen molar-refractivity contribution in [3.05, 3.63) is 101 Å². The second-order valence-electron chi connectivity index (χ2n) is 7.33. The molecule has 3 aromatic carbocycles. The first kappa shape index (κ1) is 21.1. The number of esters is 2. The van der Waals surface area contributed by atoms with Gasteiger partial charge in [0.15, 0.2) is 0 Å². The smallest absolute Gasteiger partial charge is 0.337 e. The predicted octanol–water partition coefficient (Wildman–Crippen LogP) is 4.03. The van der Waals surface area contributed by atoms with Crippen molar-refractivity contribution in [1.29, 1.82) is 0 Å². The molecule has 0 radical (unpaired) electrons. The second-order valence-corrected chi connectivity index (χ2v) is 7.33. The van der Waals surface area contributed by atoms with E-state index in [1.165, 1.54) is 20.3 Å². The molecule has 1 aliphatic heterocycles. The highest BCUT2D eigenvalue weighted by molar-refractivity contribution is 6.00. The first-order valence-electron chi connectivity index (χ1n) is 10.0. The Balaban J connectivity index is 1.74. The standard InChI is InChI=1S/C25H22N2O5/c1-31-24(29)17-12-18(25(30)32-2)14-19(13-17)26-22-20-10-6-7-11-21(20)23(28)27(22)15-16-8-4-3-5-9-16/h3-14,22,26H,15H2,1-2H3/t22-/m0/s1. The summed E-state index contributed by atoms with van der Waals surface area (Å²) in [5, 5.41) is 3.33. The van der Waals surface area contributed by atoms with Gasteiger partial charge in [-0.25, -0.2) is 9.59 Å². The van der Waals surface area contributed by atoms with Crippen LogP contribution in [0.2, 0.25) is 0 Å². The fourth-order valence-corrected chi connectivity index (χ4v) is 3.81. The van der Waals surface area contributed by atoms with Gasteiger partial charge >= 0.3 is 11.9 Å². The number of carbonyl (C=O) groups excluding carboxylic acids is 3. The molecule has 0 aromatic heterocycles. The van der Waals surface area contributed by atoms with E-state index < -0.39 is 18.1 Å². The van der Waals surface area contributed by atoms with Crippen molar-refractivity contribution in [2.24, 2.45) is 0 Å². The van der Waals surface area contributed by atoms with E-state index in [1.54, 1.807) is 23.1 Å². The Morgan fingerprint density at radius 1 is 0.875 bits per heavy atom. The van der Waals surface area contributed by atoms with E-state index in [0.29, 0.717) is 17.8 Å². The lowest BCUT2D eigenvalue weighted by Crippen LogP contribution is -2.32. The molecule has 1 aliphatic rings. The molecule has 0 spiro atoms. The topological polar surface area (TPSA) is 84.9 Å². The van der Waals surface area contributed by atoms with Gasteiger partial charge in [0.05, 0.1) is 25.3 Å². The van der Waals surface area contributed by atoms with Crippen LogP contribution in [-0.2, 0) is 16.0 Å². The normalized spacial score (nSPS) is 14.6. The minimum Gasteiger partial charge on any atom is -0.465 e. The molecule has 0 unspecified atom stereocenters. The van der Waals surface area contributed by atoms with Gasteiger partial charge in [-0.15, -0.1) is 0 Å². The van der Waals surface area contributed by atoms with E-state index in [1.807, 2.05) is 48.5 Å². The highest BCUT2D eigenvalue weighted by Crippen LogP contribution is 2.36. The molecule has 4 rings (SSSR count). The van der Waals surface area contributed by atoms with Crippen LogP contribution in [0.15, 0.2) is 72.8 Å². The maximum absolute atomic E-state index is 13.2. The maximum Gasteiger partial charge on any atom is 0.337 e. The van der Waals surface area contributed by atoms with E-state index in [2.05, 4.69) is 5.32 Å². The van der Waals surface area contributed by atoms with Gasteiger partial charge in [0.2, 0.25) is 0 Å². The summed E-state index contributed by atoms with van der Waals surface area (Å²) in [5.74, 6) is -1.26. The number of amides is 1. The van der Waals surface area contributed by atoms with Crippen molar-refractivity contribution in [3.8, 4) is 0 Å². The molecule has 3 aromatic rings. The van der Waals surface area contributed by atoms with Gasteiger partial charge in [0.25, 0.3) is 5.91 Å². The summed E-state index contributed by atoms with van der Waals surface area (Å²) >= 11 is 0. The zero-order valence-corrected chi connectivity index (χ0v) is 17.7. The van der Waals surface area contributed by atoms with Gasteiger partial charge in [-0.1, -0.05) is 48.5 Å². The fraction of sp³-hybridized carbons (Fsp3) is 0.160. The molecule has 7 heteroatoms. The Bertz CT molecular complexity index is 1140. The minimum absolute atomic E-state index is 0.0979. The lowest BCUT2D eigenvalue weighted by Gasteiger charge is -2.27. The molecule has 0 bridgehead atoms. The Labute approximate surface area is 185 Å². The van der Waals surface area contributed by atoms with Gasteiger partial charge < -0.3 is 19.7 Å². The quantitative estimate of drug-likeness (QED) is 0.595. The number of fused-ring (bicyclic) bond motifs is 1. The first-order chi connectivity index (χ1) is 15.5. The van der Waals surface area contributed by atoms with Crippen LogP contribution in [0.25, 0.3) is 0 Å². The SMILES string of the molecule is COC(=O)c1cc(N[C@@H]2c3ccccc3C(=O)N2Cc2ccccc2)cc(C(=O)OC)c1. The molecule has 32 heavy (non-hydrogen) atoms. The molecule has 1 heterocycles. The van der Waals surface area contributed by atoms with Crippen molar-refractivity contribution >= 4 is 23.5 Å². The fourth-order valence-electron chi connectivity index (χ4n) is 3.81. The van der Waals surface area contributed by atoms with Gasteiger partial charge in [-0.2, -0.15) is 0 Å². The summed E-state index contributed by atoms with van der Waals surface area (Å²) in [4.78, 5) is 39.2. The molecule has 0 aliphatic carbocycles. The highest BCUT2D eigenvalue weighted by Gasteiger charge is 2.36. The van der Waals surface area contributed by atoms with Crippen LogP contribution in [0.3, 0.4) is 0 Å². The molecule has 7 nitrogen and oxygen atoms in total. The third-order valence-corrected chi connectivity index (χ3v) is 5.33. The highest BCUT2D eigenvalue weighted by atomic mass is 16.5. The lowest BCUT2D eigenvalue weighted by molar-refractivity contribution is 0.0598. The molecule has 0 fully saturated rings. The van der Waals surface area contributed by atoms with E-state index in [0.717, 1.165) is 11.1 Å². The zero-order chi connectivity index (χ0) is 22.7. The van der Waals surface area contributed by atoms with E-state index in [9.17, 15) is 14.4 Å². The third kappa shape index (κ3) is 4.05. The molecule has 1 amide bonds. The number of carbonyl (C=O) groups is 3. The molecule has 0 saturated carbocycles. The van der Waals surface area contributed by atoms with Crippen LogP contribution in [0, 0.1) is 0 Å². The molecule has 162 valence electrons. The van der Waals surface area contributed by atoms with Crippen molar-refractivity contribution in [1.82, 2.24) is 4.90 Å². The van der Waals surface area contributed by atoms with Crippen LogP contribution in [-0.4, -0.2) is 37.0 Å². The summed E-state index contributed by atoms with van der Waals surface area (Å²) in [6.45, 7) is 0.395. The number of ether oxygens (including phenoxy) is 2. The molecular formula is C25H22N2O5. The van der Waals surface area contributed by atoms with E-state index in [-0.39, 0.29) is 17.0 Å². The monoisotopic (exact) mass is 430 g/mol. The Hall–Kier alpha value is -4.13. The van der Waals surface area contributed by atoms with E-state index in [4.69, 9.17) is 9.47 Å². The predicted molar refractivity (Wildman–Crippen MR) is 118 cm³/mol. The number of nitrogens with zero attached hydrogens (tertiary/aromatic N) is 1. The maximum atomic E-state index is 13.2. The van der Waals surface area contributed by atoms with E-state index >= 15 is 0 Å². The molecule has 1 atom stereocenters. The van der Waals surface area contributed by atoms with Gasteiger partial charge in [0, 0.05) is 23.4 Å². The summed E-state index contributed by atoms with van der Waals surface area (Å²) in [6.07, 6.45) is -0.489. The number of benzene rings is 3. The Morgan fingerprint density at radius 3 is 2.09 bits per heavy atom.